The molecular formula is C14H15Cl2NO. The van der Waals surface area contributed by atoms with Gasteiger partial charge in [-0.05, 0) is 36.4 Å². The molecule has 0 bridgehead atoms. The first-order valence-corrected chi connectivity index (χ1v) is 6.67. The lowest BCUT2D eigenvalue weighted by atomic mass is 10.0. The summed E-state index contributed by atoms with van der Waals surface area (Å²) in [6.07, 6.45) is 2.48. The van der Waals surface area contributed by atoms with Gasteiger partial charge in [0.25, 0.3) is 0 Å². The van der Waals surface area contributed by atoms with E-state index in [0.717, 1.165) is 24.3 Å². The summed E-state index contributed by atoms with van der Waals surface area (Å²) in [6.45, 7) is 2.96. The van der Waals surface area contributed by atoms with E-state index in [1.54, 1.807) is 6.26 Å². The minimum Gasteiger partial charge on any atom is -0.469 e. The molecule has 1 aromatic heterocycles. The maximum absolute atomic E-state index is 6.06. The molecule has 1 heterocycles. The van der Waals surface area contributed by atoms with Crippen molar-refractivity contribution in [2.45, 2.75) is 19.4 Å². The van der Waals surface area contributed by atoms with E-state index in [2.05, 4.69) is 12.2 Å². The summed E-state index contributed by atoms with van der Waals surface area (Å²) >= 11 is 12.0. The van der Waals surface area contributed by atoms with Crippen LogP contribution in [0.5, 0.6) is 0 Å². The largest absolute Gasteiger partial charge is 0.469 e. The molecule has 1 unspecified atom stereocenters. The molecule has 0 aliphatic heterocycles. The molecule has 2 aromatic rings. The molecule has 1 atom stereocenters. The van der Waals surface area contributed by atoms with E-state index in [0.29, 0.717) is 10.0 Å². The Kier molecular flexibility index (Phi) is 4.70. The Bertz CT molecular complexity index is 497. The average molecular weight is 284 g/mol. The topological polar surface area (TPSA) is 25.2 Å². The Balaban J connectivity index is 2.20. The highest BCUT2D eigenvalue weighted by Gasteiger charge is 2.13. The number of halogens is 2. The first-order chi connectivity index (χ1) is 8.70. The third-order valence-electron chi connectivity index (χ3n) is 2.78. The number of benzene rings is 1. The molecule has 2 rings (SSSR count). The molecule has 4 heteroatoms. The molecule has 0 saturated carbocycles. The zero-order chi connectivity index (χ0) is 13.0. The van der Waals surface area contributed by atoms with Crippen LogP contribution in [0.3, 0.4) is 0 Å². The third-order valence-corrected chi connectivity index (χ3v) is 3.52. The molecule has 0 saturated heterocycles. The van der Waals surface area contributed by atoms with Crippen LogP contribution in [-0.2, 0) is 6.42 Å². The van der Waals surface area contributed by atoms with Gasteiger partial charge in [-0.3, -0.25) is 0 Å². The highest BCUT2D eigenvalue weighted by molar-refractivity contribution is 6.42. The van der Waals surface area contributed by atoms with E-state index in [4.69, 9.17) is 27.6 Å². The summed E-state index contributed by atoms with van der Waals surface area (Å²) in [6, 6.07) is 9.77. The van der Waals surface area contributed by atoms with E-state index in [9.17, 15) is 0 Å². The Labute approximate surface area is 117 Å². The van der Waals surface area contributed by atoms with Crippen molar-refractivity contribution in [3.8, 4) is 0 Å². The summed E-state index contributed by atoms with van der Waals surface area (Å²) in [5.74, 6) is 0.951. The van der Waals surface area contributed by atoms with Gasteiger partial charge in [-0.2, -0.15) is 0 Å². The quantitative estimate of drug-likeness (QED) is 0.875. The monoisotopic (exact) mass is 283 g/mol. The molecule has 18 heavy (non-hydrogen) atoms. The third kappa shape index (κ3) is 3.29. The van der Waals surface area contributed by atoms with E-state index in [1.807, 2.05) is 30.3 Å². The number of hydrogen-bond donors (Lipinski definition) is 1. The lowest BCUT2D eigenvalue weighted by Gasteiger charge is -2.17. The van der Waals surface area contributed by atoms with Gasteiger partial charge < -0.3 is 9.73 Å². The standard InChI is InChI=1S/C14H15Cl2NO/c1-2-17-14(9-11-4-3-7-18-11)10-5-6-12(15)13(16)8-10/h3-8,14,17H,2,9H2,1H3. The van der Waals surface area contributed by atoms with Crippen LogP contribution in [0.15, 0.2) is 41.0 Å². The molecule has 0 spiro atoms. The van der Waals surface area contributed by atoms with Gasteiger partial charge in [0.2, 0.25) is 0 Å². The zero-order valence-corrected chi connectivity index (χ0v) is 11.6. The second-order valence-corrected chi connectivity index (χ2v) is 4.88. The normalized spacial score (nSPS) is 12.6. The predicted octanol–water partition coefficient (Wildman–Crippen LogP) is 4.48. The van der Waals surface area contributed by atoms with Gasteiger partial charge in [0.05, 0.1) is 16.3 Å². The van der Waals surface area contributed by atoms with Crippen LogP contribution in [0.2, 0.25) is 10.0 Å². The van der Waals surface area contributed by atoms with Gasteiger partial charge in [0.15, 0.2) is 0 Å². The number of rotatable bonds is 5. The highest BCUT2D eigenvalue weighted by Crippen LogP contribution is 2.27. The Morgan fingerprint density at radius 3 is 2.67 bits per heavy atom. The molecule has 0 radical (unpaired) electrons. The van der Waals surface area contributed by atoms with Crippen LogP contribution in [0, 0.1) is 0 Å². The summed E-state index contributed by atoms with van der Waals surface area (Å²) < 4.78 is 5.39. The predicted molar refractivity (Wildman–Crippen MR) is 75.3 cm³/mol. The van der Waals surface area contributed by atoms with Crippen molar-refractivity contribution in [3.05, 3.63) is 58.0 Å². The van der Waals surface area contributed by atoms with Crippen molar-refractivity contribution < 1.29 is 4.42 Å². The van der Waals surface area contributed by atoms with E-state index in [-0.39, 0.29) is 6.04 Å². The van der Waals surface area contributed by atoms with Gasteiger partial charge in [0, 0.05) is 12.5 Å². The zero-order valence-electron chi connectivity index (χ0n) is 10.1. The van der Waals surface area contributed by atoms with Crippen LogP contribution in [-0.4, -0.2) is 6.54 Å². The van der Waals surface area contributed by atoms with Crippen molar-refractivity contribution in [2.24, 2.45) is 0 Å². The SMILES string of the molecule is CCNC(Cc1ccco1)c1ccc(Cl)c(Cl)c1. The fourth-order valence-electron chi connectivity index (χ4n) is 1.91. The highest BCUT2D eigenvalue weighted by atomic mass is 35.5. The maximum Gasteiger partial charge on any atom is 0.105 e. The Morgan fingerprint density at radius 1 is 1.22 bits per heavy atom. The van der Waals surface area contributed by atoms with Crippen LogP contribution < -0.4 is 5.32 Å². The van der Waals surface area contributed by atoms with Crippen molar-refractivity contribution in [2.75, 3.05) is 6.54 Å². The number of furan rings is 1. The van der Waals surface area contributed by atoms with Gasteiger partial charge in [-0.25, -0.2) is 0 Å². The van der Waals surface area contributed by atoms with E-state index < -0.39 is 0 Å². The van der Waals surface area contributed by atoms with Crippen molar-refractivity contribution in [1.82, 2.24) is 5.32 Å². The van der Waals surface area contributed by atoms with Crippen molar-refractivity contribution in [3.63, 3.8) is 0 Å². The average Bonchev–Trinajstić information content (AvgIpc) is 2.85. The first kappa shape index (κ1) is 13.5. The van der Waals surface area contributed by atoms with Gasteiger partial charge in [-0.1, -0.05) is 36.2 Å². The van der Waals surface area contributed by atoms with Crippen LogP contribution in [0.4, 0.5) is 0 Å². The summed E-state index contributed by atoms with van der Waals surface area (Å²) in [7, 11) is 0. The van der Waals surface area contributed by atoms with Crippen LogP contribution >= 0.6 is 23.2 Å². The first-order valence-electron chi connectivity index (χ1n) is 5.91. The number of hydrogen-bond acceptors (Lipinski definition) is 2. The maximum atomic E-state index is 6.06. The molecule has 1 aromatic carbocycles. The Morgan fingerprint density at radius 2 is 2.06 bits per heavy atom. The molecule has 0 amide bonds. The Hall–Kier alpha value is -0.960. The smallest absolute Gasteiger partial charge is 0.105 e. The number of likely N-dealkylation sites (N-methyl/N-ethyl adjacent to an activating group) is 1. The van der Waals surface area contributed by atoms with Crippen molar-refractivity contribution in [1.29, 1.82) is 0 Å². The molecule has 0 fully saturated rings. The van der Waals surface area contributed by atoms with Crippen LogP contribution in [0.25, 0.3) is 0 Å². The summed E-state index contributed by atoms with van der Waals surface area (Å²) in [4.78, 5) is 0. The molecule has 96 valence electrons. The van der Waals surface area contributed by atoms with E-state index in [1.165, 1.54) is 0 Å². The molecule has 1 N–H and O–H groups in total. The minimum atomic E-state index is 0.177. The summed E-state index contributed by atoms with van der Waals surface area (Å²) in [5, 5.41) is 4.58. The van der Waals surface area contributed by atoms with Crippen molar-refractivity contribution >= 4 is 23.2 Å². The second kappa shape index (κ2) is 6.28. The molecular weight excluding hydrogens is 269 g/mol. The van der Waals surface area contributed by atoms with Gasteiger partial charge in [0.1, 0.15) is 5.76 Å². The lowest BCUT2D eigenvalue weighted by Crippen LogP contribution is -2.22. The van der Waals surface area contributed by atoms with E-state index >= 15 is 0 Å². The van der Waals surface area contributed by atoms with Gasteiger partial charge >= 0.3 is 0 Å². The fraction of sp³-hybridized carbons (Fsp3) is 0.286. The lowest BCUT2D eigenvalue weighted by molar-refractivity contribution is 0.455. The van der Waals surface area contributed by atoms with Crippen LogP contribution in [0.1, 0.15) is 24.3 Å². The summed E-state index contributed by atoms with van der Waals surface area (Å²) in [5.41, 5.74) is 1.11. The fourth-order valence-corrected chi connectivity index (χ4v) is 2.22. The minimum absolute atomic E-state index is 0.177. The molecule has 0 aliphatic carbocycles. The second-order valence-electron chi connectivity index (χ2n) is 4.07. The number of nitrogens with one attached hydrogen (secondary N) is 1. The van der Waals surface area contributed by atoms with Gasteiger partial charge in [-0.15, -0.1) is 0 Å². The molecule has 0 aliphatic rings. The molecule has 2 nitrogen and oxygen atoms in total.